The van der Waals surface area contributed by atoms with Crippen molar-refractivity contribution in [1.29, 1.82) is 0 Å². The molecule has 3 rings (SSSR count). The average Bonchev–Trinajstić information content (AvgIpc) is 3.16. The second-order valence-electron chi connectivity index (χ2n) is 18.1. The van der Waals surface area contributed by atoms with Crippen LogP contribution >= 0.6 is 0 Å². The van der Waals surface area contributed by atoms with Crippen molar-refractivity contribution in [3.05, 3.63) is 24.3 Å². The molecule has 2 fully saturated rings. The fourth-order valence-electron chi connectivity index (χ4n) is 8.74. The molecule has 17 heteroatoms. The third-order valence-electron chi connectivity index (χ3n) is 11.6. The molecule has 17 nitrogen and oxygen atoms in total. The lowest BCUT2D eigenvalue weighted by Crippen LogP contribution is -2.66. The van der Waals surface area contributed by atoms with Gasteiger partial charge in [-0.05, 0) is 79.8 Å². The van der Waals surface area contributed by atoms with Crippen molar-refractivity contribution in [2.45, 2.75) is 199 Å². The molecule has 17 atom stereocenters. The number of hydrogen-bond donors (Lipinski definition) is 2. The molecular formula is C46H77NO16. The molecule has 3 aliphatic heterocycles. The molecule has 0 amide bonds. The van der Waals surface area contributed by atoms with E-state index < -0.39 is 122 Å². The number of aldehydes is 1. The smallest absolute Gasteiger partial charge is 0.309 e. The summed E-state index contributed by atoms with van der Waals surface area (Å²) in [5, 5.41) is 23.7. The summed E-state index contributed by atoms with van der Waals surface area (Å²) in [6, 6.07) is -0.781. The van der Waals surface area contributed by atoms with Crippen LogP contribution in [0.15, 0.2) is 24.3 Å². The Labute approximate surface area is 374 Å². The van der Waals surface area contributed by atoms with Gasteiger partial charge in [-0.2, -0.15) is 0 Å². The number of nitrogens with zero attached hydrogens (tertiary/aromatic N) is 1. The minimum atomic E-state index is -1.50. The summed E-state index contributed by atoms with van der Waals surface area (Å²) in [5.41, 5.74) is -1.50. The molecule has 0 aliphatic carbocycles. The van der Waals surface area contributed by atoms with Gasteiger partial charge in [0.25, 0.3) is 0 Å². The van der Waals surface area contributed by atoms with E-state index in [2.05, 4.69) is 0 Å². The van der Waals surface area contributed by atoms with Gasteiger partial charge in [-0.25, -0.2) is 0 Å². The van der Waals surface area contributed by atoms with Crippen molar-refractivity contribution >= 4 is 24.2 Å². The van der Waals surface area contributed by atoms with E-state index in [1.54, 1.807) is 53.6 Å². The molecule has 0 spiro atoms. The Balaban J connectivity index is 2.04. The summed E-state index contributed by atoms with van der Waals surface area (Å²) < 4.78 is 61.3. The molecule has 0 radical (unpaired) electrons. The lowest BCUT2D eigenvalue weighted by Gasteiger charge is -2.50. The quantitative estimate of drug-likeness (QED) is 0.0953. The SMILES string of the molecule is CCOC(C)O[C@H]1/C=C/C=C/C[C@@H](C)OC(=O)CC(OC(C)=O)[C@H](OC)[C@@H](O[C@@H]2O[C@H](C)[C@@H](O[C@H]3C[C@@](C)(O)[C@@H](OC(=O)CC(C)C)[C@H](C)O3)[C@H](N(C)C)[C@H]2O)[C@@H](CC=O)C[C@H]1C. The normalized spacial score (nSPS) is 38.9. The first-order valence-corrected chi connectivity index (χ1v) is 22.4. The molecule has 63 heavy (non-hydrogen) atoms. The third-order valence-corrected chi connectivity index (χ3v) is 11.6. The minimum Gasteiger partial charge on any atom is -0.462 e. The van der Waals surface area contributed by atoms with Crippen LogP contribution in [0, 0.1) is 17.8 Å². The maximum absolute atomic E-state index is 13.4. The number of allylic oxidation sites excluding steroid dienone is 2. The lowest BCUT2D eigenvalue weighted by atomic mass is 9.82. The Kier molecular flexibility index (Phi) is 22.3. The molecule has 3 heterocycles. The van der Waals surface area contributed by atoms with Gasteiger partial charge in [0.1, 0.15) is 42.4 Å². The van der Waals surface area contributed by atoms with E-state index in [0.29, 0.717) is 19.4 Å². The van der Waals surface area contributed by atoms with E-state index in [-0.39, 0.29) is 31.1 Å². The topological polar surface area (TPSA) is 204 Å². The predicted octanol–water partition coefficient (Wildman–Crippen LogP) is 4.42. The standard InChI is InChI=1S/C46H77NO16/c1-14-55-32(9)60-34-19-17-15-16-18-28(5)56-37(51)24-35(59-31(8)49)43(54-13)42(33(20-21-48)23-27(34)4)63-45-40(52)39(47(11)12)41(29(6)58-45)62-38-25-46(10,53)44(30(7)57-38)61-36(50)22-26(2)3/h15-17,19,21,26-30,32-35,38-45,52-53H,14,18,20,22-25H2,1-13H3/b16-15+,19-17+/t27-,28-,29-,30+,32?,33+,34+,35?,38+,39-,40-,41-,42+,43+,44+,45+,46-/m1/s1. The van der Waals surface area contributed by atoms with Crippen molar-refractivity contribution in [2.75, 3.05) is 27.8 Å². The minimum absolute atomic E-state index is 0.0439. The van der Waals surface area contributed by atoms with Crippen LogP contribution in [0.2, 0.25) is 0 Å². The first-order chi connectivity index (χ1) is 29.6. The molecule has 0 bridgehead atoms. The molecule has 2 N–H and O–H groups in total. The second-order valence-corrected chi connectivity index (χ2v) is 18.1. The van der Waals surface area contributed by atoms with Crippen LogP contribution in [-0.4, -0.2) is 159 Å². The Morgan fingerprint density at radius 3 is 2.30 bits per heavy atom. The van der Waals surface area contributed by atoms with Crippen LogP contribution in [0.3, 0.4) is 0 Å². The molecule has 2 saturated heterocycles. The van der Waals surface area contributed by atoms with Crippen molar-refractivity contribution in [2.24, 2.45) is 17.8 Å². The summed E-state index contributed by atoms with van der Waals surface area (Å²) in [7, 11) is 4.92. The maximum Gasteiger partial charge on any atom is 0.309 e. The van der Waals surface area contributed by atoms with Gasteiger partial charge in [0.05, 0.1) is 36.9 Å². The Hall–Kier alpha value is -2.84. The Bertz CT molecular complexity index is 1490. The number of carbonyl (C=O) groups excluding carboxylic acids is 4. The molecule has 3 aliphatic rings. The molecule has 0 aromatic heterocycles. The highest BCUT2D eigenvalue weighted by Gasteiger charge is 2.53. The van der Waals surface area contributed by atoms with E-state index >= 15 is 0 Å². The largest absolute Gasteiger partial charge is 0.462 e. The molecule has 2 unspecified atom stereocenters. The van der Waals surface area contributed by atoms with Gasteiger partial charge in [0.2, 0.25) is 0 Å². The van der Waals surface area contributed by atoms with Crippen LogP contribution in [0.25, 0.3) is 0 Å². The number of aliphatic hydroxyl groups is 2. The van der Waals surface area contributed by atoms with Gasteiger partial charge in [-0.15, -0.1) is 0 Å². The van der Waals surface area contributed by atoms with Gasteiger partial charge < -0.3 is 67.3 Å². The molecule has 362 valence electrons. The number of rotatable bonds is 16. The number of cyclic esters (lactones) is 1. The number of carbonyl (C=O) groups is 4. The number of hydrogen-bond acceptors (Lipinski definition) is 17. The number of ether oxygens (including phenoxy) is 10. The van der Waals surface area contributed by atoms with Crippen molar-refractivity contribution in [1.82, 2.24) is 4.90 Å². The van der Waals surface area contributed by atoms with Crippen molar-refractivity contribution < 1.29 is 76.8 Å². The zero-order valence-electron chi connectivity index (χ0n) is 39.7. The van der Waals surface area contributed by atoms with Gasteiger partial charge in [-0.1, -0.05) is 45.1 Å². The first kappa shape index (κ1) is 54.5. The summed E-state index contributed by atoms with van der Waals surface area (Å²) in [6.45, 7) is 17.9. The van der Waals surface area contributed by atoms with E-state index in [4.69, 9.17) is 47.4 Å². The monoisotopic (exact) mass is 900 g/mol. The van der Waals surface area contributed by atoms with Crippen LogP contribution < -0.4 is 0 Å². The fourth-order valence-corrected chi connectivity index (χ4v) is 8.74. The van der Waals surface area contributed by atoms with E-state index in [1.807, 2.05) is 52.0 Å². The predicted molar refractivity (Wildman–Crippen MR) is 230 cm³/mol. The van der Waals surface area contributed by atoms with Crippen molar-refractivity contribution in [3.8, 4) is 0 Å². The third kappa shape index (κ3) is 16.5. The highest BCUT2D eigenvalue weighted by Crippen LogP contribution is 2.38. The van der Waals surface area contributed by atoms with Crippen LogP contribution in [0.5, 0.6) is 0 Å². The molecule has 0 aromatic rings. The summed E-state index contributed by atoms with van der Waals surface area (Å²) in [5.74, 6) is -2.61. The number of aliphatic hydroxyl groups excluding tert-OH is 1. The van der Waals surface area contributed by atoms with Crippen LogP contribution in [-0.2, 0) is 66.5 Å². The first-order valence-electron chi connectivity index (χ1n) is 22.4. The van der Waals surface area contributed by atoms with Crippen molar-refractivity contribution in [3.63, 3.8) is 0 Å². The highest BCUT2D eigenvalue weighted by atomic mass is 16.7. The van der Waals surface area contributed by atoms with Gasteiger partial charge >= 0.3 is 17.9 Å². The van der Waals surface area contributed by atoms with E-state index in [0.717, 1.165) is 6.29 Å². The van der Waals surface area contributed by atoms with E-state index in [9.17, 15) is 29.4 Å². The number of esters is 3. The molecule has 0 aromatic carbocycles. The summed E-state index contributed by atoms with van der Waals surface area (Å²) >= 11 is 0. The molecular weight excluding hydrogens is 822 g/mol. The highest BCUT2D eigenvalue weighted by molar-refractivity contribution is 5.72. The summed E-state index contributed by atoms with van der Waals surface area (Å²) in [6.07, 6.45) is -3.41. The fraction of sp³-hybridized carbons (Fsp3) is 0.826. The Morgan fingerprint density at radius 2 is 1.71 bits per heavy atom. The maximum atomic E-state index is 13.4. The number of methoxy groups -OCH3 is 1. The lowest BCUT2D eigenvalue weighted by molar-refractivity contribution is -0.344. The van der Waals surface area contributed by atoms with Crippen LogP contribution in [0.4, 0.5) is 0 Å². The summed E-state index contributed by atoms with van der Waals surface area (Å²) in [4.78, 5) is 52.9. The van der Waals surface area contributed by atoms with Crippen LogP contribution in [0.1, 0.15) is 108 Å². The van der Waals surface area contributed by atoms with Gasteiger partial charge in [0, 0.05) is 46.3 Å². The van der Waals surface area contributed by atoms with Gasteiger partial charge in [0.15, 0.2) is 25.0 Å². The zero-order valence-corrected chi connectivity index (χ0v) is 39.7. The van der Waals surface area contributed by atoms with E-state index in [1.165, 1.54) is 14.0 Å². The zero-order chi connectivity index (χ0) is 47.2. The second kappa shape index (κ2) is 25.7. The number of likely N-dealkylation sites (N-methyl/N-ethyl adjacent to an activating group) is 1. The van der Waals surface area contributed by atoms with Gasteiger partial charge in [-0.3, -0.25) is 14.4 Å². The molecule has 0 saturated carbocycles. The average molecular weight is 900 g/mol. The Morgan fingerprint density at radius 1 is 1.02 bits per heavy atom.